The van der Waals surface area contributed by atoms with Gasteiger partial charge >= 0.3 is 0 Å². The molecule has 1 atom stereocenters. The number of carbonyl (C=O) groups is 1. The fourth-order valence-corrected chi connectivity index (χ4v) is 2.02. The van der Waals surface area contributed by atoms with Crippen LogP contribution in [0.2, 0.25) is 5.02 Å². The summed E-state index contributed by atoms with van der Waals surface area (Å²) < 4.78 is 0. The average Bonchev–Trinajstić information content (AvgIpc) is 2.52. The summed E-state index contributed by atoms with van der Waals surface area (Å²) in [6.45, 7) is 0.162. The molecule has 4 heteroatoms. The molecule has 0 heterocycles. The second kappa shape index (κ2) is 7.62. The van der Waals surface area contributed by atoms with Gasteiger partial charge in [0.05, 0.1) is 6.10 Å². The zero-order valence-electron chi connectivity index (χ0n) is 11.4. The fraction of sp³-hybridized carbons (Fsp3) is 0.118. The van der Waals surface area contributed by atoms with Crippen molar-refractivity contribution in [3.05, 3.63) is 76.8 Å². The van der Waals surface area contributed by atoms with Crippen LogP contribution in [0.4, 0.5) is 0 Å². The third kappa shape index (κ3) is 4.74. The van der Waals surface area contributed by atoms with Crippen LogP contribution in [-0.4, -0.2) is 17.6 Å². The van der Waals surface area contributed by atoms with Gasteiger partial charge in [0.2, 0.25) is 5.91 Å². The van der Waals surface area contributed by atoms with Gasteiger partial charge in [0.25, 0.3) is 0 Å². The number of hydrogen-bond donors (Lipinski definition) is 2. The molecule has 0 fully saturated rings. The number of rotatable bonds is 5. The van der Waals surface area contributed by atoms with Crippen LogP contribution in [0, 0.1) is 0 Å². The lowest BCUT2D eigenvalue weighted by molar-refractivity contribution is -0.116. The van der Waals surface area contributed by atoms with Crippen LogP contribution in [0.1, 0.15) is 17.2 Å². The maximum absolute atomic E-state index is 11.7. The van der Waals surface area contributed by atoms with Crippen LogP contribution >= 0.6 is 11.6 Å². The van der Waals surface area contributed by atoms with Crippen molar-refractivity contribution in [2.45, 2.75) is 6.10 Å². The third-order valence-corrected chi connectivity index (χ3v) is 3.32. The van der Waals surface area contributed by atoms with Crippen LogP contribution in [0.15, 0.2) is 60.7 Å². The van der Waals surface area contributed by atoms with Crippen molar-refractivity contribution < 1.29 is 9.90 Å². The smallest absolute Gasteiger partial charge is 0.244 e. The number of carbonyl (C=O) groups excluding carboxylic acids is 1. The van der Waals surface area contributed by atoms with Crippen LogP contribution < -0.4 is 5.32 Å². The molecule has 2 aromatic carbocycles. The van der Waals surface area contributed by atoms with Gasteiger partial charge in [-0.25, -0.2) is 0 Å². The number of nitrogens with one attached hydrogen (secondary N) is 1. The van der Waals surface area contributed by atoms with Crippen molar-refractivity contribution in [2.24, 2.45) is 0 Å². The first-order chi connectivity index (χ1) is 10.2. The standard InChI is InChI=1S/C17H16ClNO2/c18-15-9-5-4-6-13(15)10-11-17(21)19-12-16(20)14-7-2-1-3-8-14/h1-11,16,20H,12H2,(H,19,21)/b11-10+. The summed E-state index contributed by atoms with van der Waals surface area (Å²) in [6.07, 6.45) is 2.33. The summed E-state index contributed by atoms with van der Waals surface area (Å²) in [4.78, 5) is 11.7. The Bertz CT molecular complexity index is 626. The molecule has 0 bridgehead atoms. The molecule has 2 N–H and O–H groups in total. The largest absolute Gasteiger partial charge is 0.387 e. The minimum absolute atomic E-state index is 0.162. The minimum Gasteiger partial charge on any atom is -0.387 e. The molecule has 0 radical (unpaired) electrons. The Hall–Kier alpha value is -2.10. The fourth-order valence-electron chi connectivity index (χ4n) is 1.82. The summed E-state index contributed by atoms with van der Waals surface area (Å²) in [5, 5.41) is 13.2. The second-order valence-electron chi connectivity index (χ2n) is 4.53. The summed E-state index contributed by atoms with van der Waals surface area (Å²) in [5.74, 6) is -0.273. The summed E-state index contributed by atoms with van der Waals surface area (Å²) in [6, 6.07) is 16.5. The highest BCUT2D eigenvalue weighted by atomic mass is 35.5. The quantitative estimate of drug-likeness (QED) is 0.833. The molecule has 1 amide bonds. The van der Waals surface area contributed by atoms with Gasteiger partial charge in [-0.15, -0.1) is 0 Å². The van der Waals surface area contributed by atoms with Crippen molar-refractivity contribution in [3.63, 3.8) is 0 Å². The molecule has 0 aliphatic rings. The van der Waals surface area contributed by atoms with Crippen molar-refractivity contribution in [2.75, 3.05) is 6.54 Å². The molecule has 108 valence electrons. The van der Waals surface area contributed by atoms with E-state index in [1.54, 1.807) is 12.1 Å². The van der Waals surface area contributed by atoms with Gasteiger partial charge in [0.15, 0.2) is 0 Å². The van der Waals surface area contributed by atoms with E-state index >= 15 is 0 Å². The topological polar surface area (TPSA) is 49.3 Å². The summed E-state index contributed by atoms with van der Waals surface area (Å²) in [5.41, 5.74) is 1.55. The van der Waals surface area contributed by atoms with E-state index in [1.807, 2.05) is 48.5 Å². The van der Waals surface area contributed by atoms with Gasteiger partial charge in [0.1, 0.15) is 0 Å². The molecule has 3 nitrogen and oxygen atoms in total. The number of benzene rings is 2. The number of amides is 1. The van der Waals surface area contributed by atoms with E-state index in [0.29, 0.717) is 5.02 Å². The average molecular weight is 302 g/mol. The van der Waals surface area contributed by atoms with E-state index in [4.69, 9.17) is 11.6 Å². The van der Waals surface area contributed by atoms with Crippen LogP contribution in [-0.2, 0) is 4.79 Å². The van der Waals surface area contributed by atoms with Crippen molar-refractivity contribution in [3.8, 4) is 0 Å². The number of aliphatic hydroxyl groups is 1. The van der Waals surface area contributed by atoms with Crippen LogP contribution in [0.3, 0.4) is 0 Å². The third-order valence-electron chi connectivity index (χ3n) is 2.97. The monoisotopic (exact) mass is 301 g/mol. The van der Waals surface area contributed by atoms with Crippen molar-refractivity contribution in [1.29, 1.82) is 0 Å². The van der Waals surface area contributed by atoms with Gasteiger partial charge in [-0.2, -0.15) is 0 Å². The van der Waals surface area contributed by atoms with Crippen molar-refractivity contribution in [1.82, 2.24) is 5.32 Å². The van der Waals surface area contributed by atoms with E-state index < -0.39 is 6.10 Å². The van der Waals surface area contributed by atoms with E-state index in [1.165, 1.54) is 6.08 Å². The zero-order valence-corrected chi connectivity index (χ0v) is 12.1. The normalized spacial score (nSPS) is 12.3. The Morgan fingerprint density at radius 1 is 1.14 bits per heavy atom. The van der Waals surface area contributed by atoms with Crippen molar-refractivity contribution >= 4 is 23.6 Å². The first-order valence-electron chi connectivity index (χ1n) is 6.60. The van der Waals surface area contributed by atoms with E-state index in [-0.39, 0.29) is 12.5 Å². The molecular weight excluding hydrogens is 286 g/mol. The molecule has 0 saturated heterocycles. The highest BCUT2D eigenvalue weighted by molar-refractivity contribution is 6.32. The highest BCUT2D eigenvalue weighted by Gasteiger charge is 2.07. The maximum atomic E-state index is 11.7. The van der Waals surface area contributed by atoms with Gasteiger partial charge in [0, 0.05) is 17.6 Å². The van der Waals surface area contributed by atoms with Crippen LogP contribution in [0.5, 0.6) is 0 Å². The maximum Gasteiger partial charge on any atom is 0.244 e. The van der Waals surface area contributed by atoms with Gasteiger partial charge < -0.3 is 10.4 Å². The second-order valence-corrected chi connectivity index (χ2v) is 4.93. The Morgan fingerprint density at radius 3 is 2.52 bits per heavy atom. The van der Waals surface area contributed by atoms with E-state index in [2.05, 4.69) is 5.32 Å². The summed E-state index contributed by atoms with van der Waals surface area (Å²) >= 11 is 5.99. The Labute approximate surface area is 128 Å². The molecule has 0 aliphatic heterocycles. The molecule has 2 aromatic rings. The Kier molecular flexibility index (Phi) is 5.55. The molecule has 21 heavy (non-hydrogen) atoms. The van der Waals surface area contributed by atoms with Gasteiger partial charge in [-0.05, 0) is 23.3 Å². The lowest BCUT2D eigenvalue weighted by atomic mass is 10.1. The highest BCUT2D eigenvalue weighted by Crippen LogP contribution is 2.16. The summed E-state index contributed by atoms with van der Waals surface area (Å²) in [7, 11) is 0. The molecule has 0 aromatic heterocycles. The Morgan fingerprint density at radius 2 is 1.81 bits per heavy atom. The zero-order chi connectivity index (χ0) is 15.1. The van der Waals surface area contributed by atoms with E-state index in [9.17, 15) is 9.90 Å². The van der Waals surface area contributed by atoms with Gasteiger partial charge in [-0.1, -0.05) is 60.1 Å². The molecule has 0 aliphatic carbocycles. The van der Waals surface area contributed by atoms with Crippen LogP contribution in [0.25, 0.3) is 6.08 Å². The molecule has 0 saturated carbocycles. The lowest BCUT2D eigenvalue weighted by Crippen LogP contribution is -2.26. The minimum atomic E-state index is -0.719. The number of halogens is 1. The predicted molar refractivity (Wildman–Crippen MR) is 84.9 cm³/mol. The predicted octanol–water partition coefficient (Wildman–Crippen LogP) is 3.20. The lowest BCUT2D eigenvalue weighted by Gasteiger charge is -2.10. The number of hydrogen-bond acceptors (Lipinski definition) is 2. The molecule has 0 spiro atoms. The number of aliphatic hydroxyl groups excluding tert-OH is 1. The van der Waals surface area contributed by atoms with E-state index in [0.717, 1.165) is 11.1 Å². The SMILES string of the molecule is O=C(/C=C/c1ccccc1Cl)NCC(O)c1ccccc1. The molecule has 2 rings (SSSR count). The molecule has 1 unspecified atom stereocenters. The Balaban J connectivity index is 1.87. The van der Waals surface area contributed by atoms with Gasteiger partial charge in [-0.3, -0.25) is 4.79 Å². The first-order valence-corrected chi connectivity index (χ1v) is 6.98. The first kappa shape index (κ1) is 15.3. The molecular formula is C17H16ClNO2.